The first-order chi connectivity index (χ1) is 9.56. The number of nitrogens with two attached hydrogens (primary N) is 1. The Morgan fingerprint density at radius 3 is 2.14 bits per heavy atom. The van der Waals surface area contributed by atoms with Gasteiger partial charge in [-0.3, -0.25) is 15.5 Å². The van der Waals surface area contributed by atoms with Gasteiger partial charge in [-0.2, -0.15) is 0 Å². The fourth-order valence-corrected chi connectivity index (χ4v) is 3.96. The number of nitrogens with zero attached hydrogens (tertiary/aromatic N) is 2. The molecule has 2 aliphatic rings. The van der Waals surface area contributed by atoms with Crippen LogP contribution in [0.5, 0.6) is 0 Å². The lowest BCUT2D eigenvalue weighted by Gasteiger charge is -2.55. The van der Waals surface area contributed by atoms with Gasteiger partial charge in [-0.15, -0.1) is 0 Å². The van der Waals surface area contributed by atoms with Gasteiger partial charge < -0.3 is 5.32 Å². The summed E-state index contributed by atoms with van der Waals surface area (Å²) >= 11 is 0. The molecule has 2 aliphatic heterocycles. The van der Waals surface area contributed by atoms with Crippen molar-refractivity contribution < 1.29 is 9.59 Å². The van der Waals surface area contributed by atoms with Crippen molar-refractivity contribution in [3.8, 4) is 0 Å². The van der Waals surface area contributed by atoms with Gasteiger partial charge in [0.05, 0.1) is 0 Å². The Hall–Kier alpha value is -1.14. The van der Waals surface area contributed by atoms with Crippen LogP contribution in [0.3, 0.4) is 0 Å². The highest BCUT2D eigenvalue weighted by molar-refractivity contribution is 6.07. The third-order valence-corrected chi connectivity index (χ3v) is 4.75. The molecule has 0 aliphatic carbocycles. The Labute approximate surface area is 127 Å². The van der Waals surface area contributed by atoms with Crippen LogP contribution in [0, 0.1) is 0 Å². The second-order valence-corrected chi connectivity index (χ2v) is 7.67. The van der Waals surface area contributed by atoms with Gasteiger partial charge in [-0.1, -0.05) is 13.3 Å². The monoisotopic (exact) mass is 296 g/mol. The van der Waals surface area contributed by atoms with Crippen LogP contribution in [0.1, 0.15) is 60.3 Å². The largest absolute Gasteiger partial charge is 0.325 e. The van der Waals surface area contributed by atoms with E-state index in [1.54, 1.807) is 0 Å². The van der Waals surface area contributed by atoms with E-state index in [4.69, 9.17) is 5.84 Å². The molecule has 6 nitrogen and oxygen atoms in total. The predicted octanol–water partition coefficient (Wildman–Crippen LogP) is 1.60. The number of rotatable bonds is 3. The van der Waals surface area contributed by atoms with E-state index in [1.165, 1.54) is 4.90 Å². The highest BCUT2D eigenvalue weighted by Crippen LogP contribution is 2.44. The van der Waals surface area contributed by atoms with Crippen LogP contribution in [0.2, 0.25) is 0 Å². The maximum absolute atomic E-state index is 12.9. The summed E-state index contributed by atoms with van der Waals surface area (Å²) in [4.78, 5) is 26.5. The van der Waals surface area contributed by atoms with Crippen molar-refractivity contribution in [2.45, 2.75) is 76.9 Å². The van der Waals surface area contributed by atoms with E-state index in [9.17, 15) is 9.59 Å². The van der Waals surface area contributed by atoms with Crippen molar-refractivity contribution in [1.29, 1.82) is 0 Å². The highest BCUT2D eigenvalue weighted by atomic mass is 16.2. The Morgan fingerprint density at radius 2 is 1.67 bits per heavy atom. The molecule has 3 N–H and O–H groups in total. The standard InChI is InChI=1S/C15H28N4O2/c1-6-7-8-18-11(20)15(17-12(18)21)9-13(2,3)19(16)14(4,5)10-15/h6-10,16H2,1-5H3,(H,17,21). The molecule has 2 rings (SSSR count). The number of hydrazine groups is 1. The van der Waals surface area contributed by atoms with Gasteiger partial charge in [0, 0.05) is 17.6 Å². The lowest BCUT2D eigenvalue weighted by Crippen LogP contribution is -2.71. The van der Waals surface area contributed by atoms with Crippen molar-refractivity contribution in [3.63, 3.8) is 0 Å². The Kier molecular flexibility index (Phi) is 3.83. The molecule has 120 valence electrons. The van der Waals surface area contributed by atoms with Crippen LogP contribution in [0.15, 0.2) is 0 Å². The number of imide groups is 1. The quantitative estimate of drug-likeness (QED) is 0.612. The SMILES string of the molecule is CCCCN1C(=O)NC2(CC(C)(C)N(N)C(C)(C)C2)C1=O. The van der Waals surface area contributed by atoms with Crippen molar-refractivity contribution in [2.75, 3.05) is 6.54 Å². The number of hydrogen-bond donors (Lipinski definition) is 2. The number of urea groups is 1. The van der Waals surface area contributed by atoms with E-state index < -0.39 is 5.54 Å². The smallest absolute Gasteiger partial charge is 0.323 e. The zero-order chi connectivity index (χ0) is 16.1. The molecule has 2 heterocycles. The normalized spacial score (nSPS) is 27.2. The molecule has 21 heavy (non-hydrogen) atoms. The first-order valence-corrected chi connectivity index (χ1v) is 7.75. The van der Waals surface area contributed by atoms with Gasteiger partial charge in [-0.05, 0) is 47.0 Å². The third-order valence-electron chi connectivity index (χ3n) is 4.75. The predicted molar refractivity (Wildman–Crippen MR) is 81.3 cm³/mol. The summed E-state index contributed by atoms with van der Waals surface area (Å²) in [6.45, 7) is 10.6. The summed E-state index contributed by atoms with van der Waals surface area (Å²) in [6.07, 6.45) is 2.86. The van der Waals surface area contributed by atoms with E-state index in [0.29, 0.717) is 19.4 Å². The summed E-state index contributed by atoms with van der Waals surface area (Å²) in [5, 5.41) is 4.78. The summed E-state index contributed by atoms with van der Waals surface area (Å²) < 4.78 is 0. The molecule has 0 unspecified atom stereocenters. The first kappa shape index (κ1) is 16.2. The van der Waals surface area contributed by atoms with Crippen molar-refractivity contribution in [2.24, 2.45) is 5.84 Å². The molecular weight excluding hydrogens is 268 g/mol. The van der Waals surface area contributed by atoms with Crippen molar-refractivity contribution in [3.05, 3.63) is 0 Å². The fraction of sp³-hybridized carbons (Fsp3) is 0.867. The number of nitrogens with one attached hydrogen (secondary N) is 1. The van der Waals surface area contributed by atoms with Crippen LogP contribution >= 0.6 is 0 Å². The summed E-state index contributed by atoms with van der Waals surface area (Å²) in [5.41, 5.74) is -1.52. The van der Waals surface area contributed by atoms with Gasteiger partial charge >= 0.3 is 6.03 Å². The number of piperidine rings is 1. The fourth-order valence-electron chi connectivity index (χ4n) is 3.96. The Bertz CT molecular complexity index is 441. The molecule has 2 fully saturated rings. The molecule has 6 heteroatoms. The van der Waals surface area contributed by atoms with Gasteiger partial charge in [-0.25, -0.2) is 9.80 Å². The molecule has 0 aromatic heterocycles. The van der Waals surface area contributed by atoms with E-state index in [0.717, 1.165) is 12.8 Å². The van der Waals surface area contributed by atoms with Crippen molar-refractivity contribution in [1.82, 2.24) is 15.2 Å². The molecule has 0 radical (unpaired) electrons. The van der Waals surface area contributed by atoms with Crippen LogP contribution in [0.4, 0.5) is 4.79 Å². The molecule has 0 atom stereocenters. The van der Waals surface area contributed by atoms with E-state index in [2.05, 4.69) is 5.32 Å². The van der Waals surface area contributed by atoms with E-state index in [-0.39, 0.29) is 23.0 Å². The van der Waals surface area contributed by atoms with Crippen molar-refractivity contribution >= 4 is 11.9 Å². The summed E-state index contributed by atoms with van der Waals surface area (Å²) in [7, 11) is 0. The number of carbonyl (C=O) groups is 2. The number of unbranched alkanes of at least 4 members (excludes halogenated alkanes) is 1. The van der Waals surface area contributed by atoms with Gasteiger partial charge in [0.1, 0.15) is 5.54 Å². The second-order valence-electron chi connectivity index (χ2n) is 7.67. The van der Waals surface area contributed by atoms with Gasteiger partial charge in [0.15, 0.2) is 0 Å². The molecule has 0 bridgehead atoms. The lowest BCUT2D eigenvalue weighted by atomic mass is 9.70. The number of hydrogen-bond acceptors (Lipinski definition) is 4. The third kappa shape index (κ3) is 2.55. The Balaban J connectivity index is 2.31. The summed E-state index contributed by atoms with van der Waals surface area (Å²) in [5.74, 6) is 6.14. The van der Waals surface area contributed by atoms with E-state index >= 15 is 0 Å². The van der Waals surface area contributed by atoms with Gasteiger partial charge in [0.25, 0.3) is 5.91 Å². The molecule has 2 saturated heterocycles. The average Bonchev–Trinajstić information content (AvgIpc) is 2.55. The average molecular weight is 296 g/mol. The van der Waals surface area contributed by atoms with Crippen LogP contribution < -0.4 is 11.2 Å². The minimum Gasteiger partial charge on any atom is -0.323 e. The van der Waals surface area contributed by atoms with Crippen LogP contribution in [0.25, 0.3) is 0 Å². The highest BCUT2D eigenvalue weighted by Gasteiger charge is 2.60. The van der Waals surface area contributed by atoms with Gasteiger partial charge in [0.2, 0.25) is 0 Å². The summed E-state index contributed by atoms with van der Waals surface area (Å²) in [6, 6.07) is -0.259. The molecular formula is C15H28N4O2. The lowest BCUT2D eigenvalue weighted by molar-refractivity contribution is -0.141. The number of carbonyl (C=O) groups excluding carboxylic acids is 2. The molecule has 0 aromatic carbocycles. The van der Waals surface area contributed by atoms with E-state index in [1.807, 2.05) is 39.6 Å². The zero-order valence-electron chi connectivity index (χ0n) is 13.8. The minimum absolute atomic E-state index is 0.0878. The molecule has 1 spiro atoms. The maximum Gasteiger partial charge on any atom is 0.325 e. The minimum atomic E-state index is -0.812. The Morgan fingerprint density at radius 1 is 1.14 bits per heavy atom. The molecule has 0 aromatic rings. The zero-order valence-corrected chi connectivity index (χ0v) is 13.8. The topological polar surface area (TPSA) is 78.7 Å². The van der Waals surface area contributed by atoms with Crippen LogP contribution in [-0.4, -0.2) is 45.0 Å². The molecule has 0 saturated carbocycles. The van der Waals surface area contributed by atoms with Crippen LogP contribution in [-0.2, 0) is 4.79 Å². The first-order valence-electron chi connectivity index (χ1n) is 7.75. The second kappa shape index (κ2) is 4.95. The number of amides is 3. The molecule has 3 amide bonds. The maximum atomic E-state index is 12.9.